The van der Waals surface area contributed by atoms with E-state index in [1.807, 2.05) is 32.1 Å². The Morgan fingerprint density at radius 1 is 1.41 bits per heavy atom. The molecule has 2 fully saturated rings. The Morgan fingerprint density at radius 2 is 2.18 bits per heavy atom. The van der Waals surface area contributed by atoms with Crippen LogP contribution in [0.5, 0.6) is 0 Å². The molecule has 2 aliphatic heterocycles. The van der Waals surface area contributed by atoms with E-state index in [1.54, 1.807) is 0 Å². The van der Waals surface area contributed by atoms with Crippen LogP contribution in [0.1, 0.15) is 24.8 Å². The summed E-state index contributed by atoms with van der Waals surface area (Å²) >= 11 is 0. The van der Waals surface area contributed by atoms with Crippen LogP contribution in [-0.2, 0) is 4.74 Å². The number of aromatic nitrogens is 2. The number of nitrogens with one attached hydrogen (secondary N) is 2. The quantitative estimate of drug-likeness (QED) is 0.877. The maximum Gasteiger partial charge on any atom is 0.224 e. The summed E-state index contributed by atoms with van der Waals surface area (Å²) in [6, 6.07) is 0. The maximum absolute atomic E-state index is 6.01. The normalized spacial score (nSPS) is 23.7. The monoisotopic (exact) mass is 305 g/mol. The Balaban J connectivity index is 1.56. The number of nitrogens with zero attached hydrogens (tertiary/aromatic N) is 3. The van der Waals surface area contributed by atoms with Gasteiger partial charge in [0.2, 0.25) is 5.95 Å². The molecule has 1 spiro atoms. The van der Waals surface area contributed by atoms with Gasteiger partial charge in [-0.3, -0.25) is 0 Å². The highest BCUT2D eigenvalue weighted by atomic mass is 16.5. The first-order valence-electron chi connectivity index (χ1n) is 8.15. The van der Waals surface area contributed by atoms with E-state index < -0.39 is 0 Å². The Morgan fingerprint density at radius 3 is 2.91 bits per heavy atom. The largest absolute Gasteiger partial charge is 0.376 e. The summed E-state index contributed by atoms with van der Waals surface area (Å²) in [5.74, 6) is 1.64. The van der Waals surface area contributed by atoms with Crippen LogP contribution in [0.3, 0.4) is 0 Å². The molecule has 2 N–H and O–H groups in total. The zero-order valence-electron chi connectivity index (χ0n) is 13.9. The Labute approximate surface area is 132 Å². The molecule has 22 heavy (non-hydrogen) atoms. The molecule has 1 aromatic heterocycles. The lowest BCUT2D eigenvalue weighted by Gasteiger charge is -2.32. The fourth-order valence-corrected chi connectivity index (χ4v) is 3.51. The summed E-state index contributed by atoms with van der Waals surface area (Å²) in [5, 5.41) is 6.78. The molecule has 6 heteroatoms. The van der Waals surface area contributed by atoms with E-state index in [1.165, 1.54) is 12.8 Å². The van der Waals surface area contributed by atoms with E-state index in [9.17, 15) is 0 Å². The van der Waals surface area contributed by atoms with Gasteiger partial charge in [0, 0.05) is 32.4 Å². The number of rotatable bonds is 4. The van der Waals surface area contributed by atoms with Gasteiger partial charge in [-0.1, -0.05) is 0 Å². The average molecular weight is 305 g/mol. The number of anilines is 2. The van der Waals surface area contributed by atoms with E-state index in [-0.39, 0.29) is 6.10 Å². The van der Waals surface area contributed by atoms with Crippen molar-refractivity contribution in [2.24, 2.45) is 5.41 Å². The van der Waals surface area contributed by atoms with Crippen LogP contribution >= 0.6 is 0 Å². The third-order valence-corrected chi connectivity index (χ3v) is 4.81. The lowest BCUT2D eigenvalue weighted by Crippen LogP contribution is -2.37. The average Bonchev–Trinajstić information content (AvgIpc) is 2.89. The third-order valence-electron chi connectivity index (χ3n) is 4.81. The highest BCUT2D eigenvalue weighted by Crippen LogP contribution is 2.40. The van der Waals surface area contributed by atoms with Crippen molar-refractivity contribution >= 4 is 11.8 Å². The Bertz CT molecular complexity index is 513. The van der Waals surface area contributed by atoms with Crippen molar-refractivity contribution in [3.8, 4) is 0 Å². The molecule has 1 aromatic rings. The zero-order chi connectivity index (χ0) is 15.6. The number of piperidine rings is 1. The molecule has 122 valence electrons. The van der Waals surface area contributed by atoms with Crippen LogP contribution in [-0.4, -0.2) is 56.4 Å². The van der Waals surface area contributed by atoms with Crippen LogP contribution in [0.2, 0.25) is 0 Å². The van der Waals surface area contributed by atoms with Crippen molar-refractivity contribution in [2.75, 3.05) is 50.6 Å². The SMILES string of the molecule is Cc1cnc(NCC2CC3(CCNCC3)CO2)nc1N(C)C. The molecule has 6 nitrogen and oxygen atoms in total. The molecule has 2 aliphatic rings. The molecule has 0 radical (unpaired) electrons. The molecular weight excluding hydrogens is 278 g/mol. The molecule has 3 rings (SSSR count). The van der Waals surface area contributed by atoms with E-state index in [0.717, 1.165) is 44.0 Å². The van der Waals surface area contributed by atoms with Gasteiger partial charge in [-0.25, -0.2) is 4.98 Å². The van der Waals surface area contributed by atoms with Crippen molar-refractivity contribution in [2.45, 2.75) is 32.3 Å². The number of hydrogen-bond acceptors (Lipinski definition) is 6. The fraction of sp³-hybridized carbons (Fsp3) is 0.750. The van der Waals surface area contributed by atoms with Crippen molar-refractivity contribution in [1.82, 2.24) is 15.3 Å². The molecule has 0 saturated carbocycles. The van der Waals surface area contributed by atoms with Crippen molar-refractivity contribution in [3.63, 3.8) is 0 Å². The minimum atomic E-state index is 0.269. The smallest absolute Gasteiger partial charge is 0.224 e. The van der Waals surface area contributed by atoms with Gasteiger partial charge in [-0.2, -0.15) is 4.98 Å². The van der Waals surface area contributed by atoms with Crippen LogP contribution < -0.4 is 15.5 Å². The number of hydrogen-bond donors (Lipinski definition) is 2. The van der Waals surface area contributed by atoms with E-state index >= 15 is 0 Å². The summed E-state index contributed by atoms with van der Waals surface area (Å²) in [6.45, 7) is 5.96. The summed E-state index contributed by atoms with van der Waals surface area (Å²) in [4.78, 5) is 11.0. The molecule has 0 amide bonds. The van der Waals surface area contributed by atoms with Gasteiger partial charge in [0.25, 0.3) is 0 Å². The van der Waals surface area contributed by atoms with Crippen molar-refractivity contribution < 1.29 is 4.74 Å². The van der Waals surface area contributed by atoms with Gasteiger partial charge in [0.05, 0.1) is 12.7 Å². The standard InChI is InChI=1S/C16H27N5O/c1-12-9-18-15(20-14(12)21(2)3)19-10-13-8-16(11-22-13)4-6-17-7-5-16/h9,13,17H,4-8,10-11H2,1-3H3,(H,18,19,20). The lowest BCUT2D eigenvalue weighted by atomic mass is 9.77. The molecule has 2 saturated heterocycles. The van der Waals surface area contributed by atoms with Gasteiger partial charge in [0.15, 0.2) is 0 Å². The van der Waals surface area contributed by atoms with Crippen LogP contribution in [0.15, 0.2) is 6.20 Å². The first-order chi connectivity index (χ1) is 10.6. The first kappa shape index (κ1) is 15.5. The molecular formula is C16H27N5O. The summed E-state index contributed by atoms with van der Waals surface area (Å²) in [5.41, 5.74) is 1.49. The molecule has 1 atom stereocenters. The van der Waals surface area contributed by atoms with Gasteiger partial charge in [-0.15, -0.1) is 0 Å². The molecule has 3 heterocycles. The Kier molecular flexibility index (Phi) is 4.49. The van der Waals surface area contributed by atoms with Gasteiger partial charge < -0.3 is 20.3 Å². The number of aryl methyl sites for hydroxylation is 1. The van der Waals surface area contributed by atoms with Crippen LogP contribution in [0.25, 0.3) is 0 Å². The van der Waals surface area contributed by atoms with Crippen molar-refractivity contribution in [1.29, 1.82) is 0 Å². The van der Waals surface area contributed by atoms with Crippen LogP contribution in [0, 0.1) is 12.3 Å². The summed E-state index contributed by atoms with van der Waals surface area (Å²) in [6.07, 6.45) is 5.75. The fourth-order valence-electron chi connectivity index (χ4n) is 3.51. The predicted octanol–water partition coefficient (Wildman–Crippen LogP) is 1.42. The highest BCUT2D eigenvalue weighted by molar-refractivity contribution is 5.47. The minimum absolute atomic E-state index is 0.269. The molecule has 0 bridgehead atoms. The molecule has 1 unspecified atom stereocenters. The van der Waals surface area contributed by atoms with Crippen molar-refractivity contribution in [3.05, 3.63) is 11.8 Å². The molecule has 0 aromatic carbocycles. The second kappa shape index (κ2) is 6.38. The maximum atomic E-state index is 6.01. The zero-order valence-corrected chi connectivity index (χ0v) is 13.9. The first-order valence-corrected chi connectivity index (χ1v) is 8.15. The summed E-state index contributed by atoms with van der Waals surface area (Å²) < 4.78 is 6.01. The van der Waals surface area contributed by atoms with Crippen LogP contribution in [0.4, 0.5) is 11.8 Å². The highest BCUT2D eigenvalue weighted by Gasteiger charge is 2.40. The number of ether oxygens (including phenoxy) is 1. The lowest BCUT2D eigenvalue weighted by molar-refractivity contribution is 0.0924. The minimum Gasteiger partial charge on any atom is -0.376 e. The summed E-state index contributed by atoms with van der Waals surface area (Å²) in [7, 11) is 4.00. The van der Waals surface area contributed by atoms with Gasteiger partial charge in [0.1, 0.15) is 5.82 Å². The van der Waals surface area contributed by atoms with E-state index in [4.69, 9.17) is 4.74 Å². The van der Waals surface area contributed by atoms with E-state index in [0.29, 0.717) is 11.4 Å². The third kappa shape index (κ3) is 3.33. The van der Waals surface area contributed by atoms with Gasteiger partial charge >= 0.3 is 0 Å². The second-order valence-electron chi connectivity index (χ2n) is 6.86. The topological polar surface area (TPSA) is 62.3 Å². The van der Waals surface area contributed by atoms with E-state index in [2.05, 4.69) is 20.6 Å². The van der Waals surface area contributed by atoms with Gasteiger partial charge in [-0.05, 0) is 44.7 Å². The second-order valence-corrected chi connectivity index (χ2v) is 6.86. The predicted molar refractivity (Wildman–Crippen MR) is 88.5 cm³/mol. The molecule has 0 aliphatic carbocycles. The Hall–Kier alpha value is -1.40.